The number of carbonyl (C=O) groups excluding carboxylic acids is 1. The quantitative estimate of drug-likeness (QED) is 0.384. The number of rotatable bonds is 4. The van der Waals surface area contributed by atoms with E-state index < -0.39 is 48.5 Å². The number of aromatic nitrogens is 3. The molecule has 1 aromatic heterocycles. The van der Waals surface area contributed by atoms with Gasteiger partial charge in [0.25, 0.3) is 5.91 Å². The number of carbonyl (C=O) groups is 1. The van der Waals surface area contributed by atoms with Crippen molar-refractivity contribution in [2.45, 2.75) is 50.1 Å². The van der Waals surface area contributed by atoms with Crippen molar-refractivity contribution in [1.82, 2.24) is 19.9 Å². The average molecular weight is 558 g/mol. The molecule has 2 aromatic carbocycles. The standard InChI is InChI=1S/C27H29ClFN5O5/c1-15(33(2)3)30-26(36)25-23(35)22(34-14-20(31-32-34)17-9-10-18(28)19(29)13-17)24-21(38-25)11-12-37-27(39-24)16-7-5-4-6-8-16/h4-10,13-14,21-25,27,35H,11-12H2,1-3H3/t21-,22-,23-,24+,25-,27?/m1/s1. The predicted octanol–water partition coefficient (Wildman–Crippen LogP) is 3.42. The molecule has 0 spiro atoms. The molecule has 1 N–H and O–H groups in total. The fourth-order valence-electron chi connectivity index (χ4n) is 4.64. The molecule has 39 heavy (non-hydrogen) atoms. The Labute approximate surface area is 229 Å². The van der Waals surface area contributed by atoms with Gasteiger partial charge in [-0.25, -0.2) is 9.07 Å². The molecule has 1 amide bonds. The minimum Gasteiger partial charge on any atom is -0.387 e. The second-order valence-electron chi connectivity index (χ2n) is 9.68. The number of nitrogens with zero attached hydrogens (tertiary/aromatic N) is 5. The fraction of sp³-hybridized carbons (Fsp3) is 0.407. The molecule has 0 radical (unpaired) electrons. The number of amides is 1. The van der Waals surface area contributed by atoms with Gasteiger partial charge in [-0.15, -0.1) is 5.10 Å². The van der Waals surface area contributed by atoms with Crippen molar-refractivity contribution in [1.29, 1.82) is 0 Å². The highest BCUT2D eigenvalue weighted by atomic mass is 35.5. The summed E-state index contributed by atoms with van der Waals surface area (Å²) in [6.07, 6.45) is -2.78. The van der Waals surface area contributed by atoms with Crippen LogP contribution in [0.4, 0.5) is 4.39 Å². The minimum absolute atomic E-state index is 0.0115. The van der Waals surface area contributed by atoms with Gasteiger partial charge in [0, 0.05) is 25.2 Å². The molecule has 3 heterocycles. The van der Waals surface area contributed by atoms with E-state index in [4.69, 9.17) is 25.8 Å². The van der Waals surface area contributed by atoms with E-state index in [1.807, 2.05) is 30.3 Å². The Bertz CT molecular complexity index is 1350. The van der Waals surface area contributed by atoms with Crippen LogP contribution in [0.3, 0.4) is 0 Å². The van der Waals surface area contributed by atoms with E-state index in [9.17, 15) is 14.3 Å². The number of aliphatic imine (C=N–C) groups is 1. The van der Waals surface area contributed by atoms with Crippen molar-refractivity contribution in [3.05, 3.63) is 71.1 Å². The Morgan fingerprint density at radius 3 is 2.69 bits per heavy atom. The van der Waals surface area contributed by atoms with E-state index in [1.165, 1.54) is 16.8 Å². The van der Waals surface area contributed by atoms with Crippen LogP contribution in [0.15, 0.2) is 59.7 Å². The topological polar surface area (TPSA) is 111 Å². The van der Waals surface area contributed by atoms with Crippen LogP contribution in [0, 0.1) is 5.82 Å². The number of aliphatic hydroxyl groups excluding tert-OH is 1. The normalized spacial score (nSPS) is 27.5. The molecule has 2 aliphatic rings. The van der Waals surface area contributed by atoms with Gasteiger partial charge in [0.05, 0.1) is 23.9 Å². The van der Waals surface area contributed by atoms with Crippen molar-refractivity contribution in [2.75, 3.05) is 20.7 Å². The van der Waals surface area contributed by atoms with Gasteiger partial charge >= 0.3 is 0 Å². The van der Waals surface area contributed by atoms with Gasteiger partial charge in [0.2, 0.25) is 0 Å². The molecule has 1 unspecified atom stereocenters. The predicted molar refractivity (Wildman–Crippen MR) is 141 cm³/mol. The molecule has 3 aromatic rings. The number of fused-ring (bicyclic) bond motifs is 1. The largest absolute Gasteiger partial charge is 0.387 e. The number of aliphatic hydroxyl groups is 1. The second kappa shape index (κ2) is 11.5. The van der Waals surface area contributed by atoms with E-state index in [-0.39, 0.29) is 5.02 Å². The molecule has 2 saturated heterocycles. The Morgan fingerprint density at radius 1 is 1.21 bits per heavy atom. The maximum absolute atomic E-state index is 14.1. The van der Waals surface area contributed by atoms with Crippen LogP contribution in [-0.2, 0) is 19.0 Å². The highest BCUT2D eigenvalue weighted by Crippen LogP contribution is 2.39. The maximum atomic E-state index is 14.1. The molecule has 6 atom stereocenters. The maximum Gasteiger partial charge on any atom is 0.279 e. The minimum atomic E-state index is -1.39. The van der Waals surface area contributed by atoms with Crippen LogP contribution < -0.4 is 0 Å². The summed E-state index contributed by atoms with van der Waals surface area (Å²) in [5, 5.41) is 20.0. The number of benzene rings is 2. The molecule has 0 saturated carbocycles. The van der Waals surface area contributed by atoms with Crippen LogP contribution in [0.5, 0.6) is 0 Å². The molecular weight excluding hydrogens is 529 g/mol. The van der Waals surface area contributed by atoms with E-state index in [0.717, 1.165) is 5.56 Å². The van der Waals surface area contributed by atoms with Crippen LogP contribution in [0.2, 0.25) is 5.02 Å². The summed E-state index contributed by atoms with van der Waals surface area (Å²) in [4.78, 5) is 19.0. The summed E-state index contributed by atoms with van der Waals surface area (Å²) in [6.45, 7) is 1.99. The molecule has 2 fully saturated rings. The first-order valence-corrected chi connectivity index (χ1v) is 12.9. The summed E-state index contributed by atoms with van der Waals surface area (Å²) >= 11 is 5.83. The van der Waals surface area contributed by atoms with Crippen LogP contribution in [-0.4, -0.2) is 81.9 Å². The van der Waals surface area contributed by atoms with Gasteiger partial charge in [-0.05, 0) is 25.5 Å². The lowest BCUT2D eigenvalue weighted by Gasteiger charge is -2.43. The van der Waals surface area contributed by atoms with Gasteiger partial charge in [-0.2, -0.15) is 4.99 Å². The van der Waals surface area contributed by atoms with Gasteiger partial charge in [0.1, 0.15) is 35.6 Å². The third-order valence-corrected chi connectivity index (χ3v) is 7.21. The highest BCUT2D eigenvalue weighted by Gasteiger charge is 2.51. The smallest absolute Gasteiger partial charge is 0.279 e. The Hall–Kier alpha value is -3.22. The molecule has 206 valence electrons. The zero-order valence-electron chi connectivity index (χ0n) is 21.6. The van der Waals surface area contributed by atoms with Crippen LogP contribution >= 0.6 is 11.6 Å². The van der Waals surface area contributed by atoms with E-state index in [2.05, 4.69) is 15.3 Å². The average Bonchev–Trinajstić information content (AvgIpc) is 3.30. The van der Waals surface area contributed by atoms with Crippen molar-refractivity contribution >= 4 is 23.3 Å². The Morgan fingerprint density at radius 2 is 1.97 bits per heavy atom. The monoisotopic (exact) mass is 557 g/mol. The third-order valence-electron chi connectivity index (χ3n) is 6.90. The highest BCUT2D eigenvalue weighted by molar-refractivity contribution is 6.30. The lowest BCUT2D eigenvalue weighted by atomic mass is 9.90. The van der Waals surface area contributed by atoms with Crippen molar-refractivity contribution < 1.29 is 28.5 Å². The number of hydrogen-bond donors (Lipinski definition) is 1. The van der Waals surface area contributed by atoms with Crippen molar-refractivity contribution in [3.8, 4) is 11.3 Å². The van der Waals surface area contributed by atoms with Gasteiger partial charge in [-0.3, -0.25) is 4.79 Å². The molecule has 0 aliphatic carbocycles. The lowest BCUT2D eigenvalue weighted by molar-refractivity contribution is -0.238. The van der Waals surface area contributed by atoms with Crippen LogP contribution in [0.1, 0.15) is 31.2 Å². The first kappa shape index (κ1) is 27.4. The summed E-state index contributed by atoms with van der Waals surface area (Å²) in [7, 11) is 3.53. The lowest BCUT2D eigenvalue weighted by Crippen LogP contribution is -2.57. The Balaban J connectivity index is 1.52. The summed E-state index contributed by atoms with van der Waals surface area (Å²) in [6, 6.07) is 12.8. The second-order valence-corrected chi connectivity index (χ2v) is 10.1. The molecule has 5 rings (SSSR count). The number of hydrogen-bond acceptors (Lipinski definition) is 7. The zero-order chi connectivity index (χ0) is 27.7. The third kappa shape index (κ3) is 5.73. The summed E-state index contributed by atoms with van der Waals surface area (Å²) in [5.41, 5.74) is 1.61. The molecule has 2 aliphatic heterocycles. The molecule has 0 bridgehead atoms. The van der Waals surface area contributed by atoms with Crippen molar-refractivity contribution in [2.24, 2.45) is 4.99 Å². The van der Waals surface area contributed by atoms with Crippen molar-refractivity contribution in [3.63, 3.8) is 0 Å². The SMILES string of the molecule is CC(=NC(=O)[C@@H]1O[C@@H]2CCOC(c3ccccc3)O[C@@H]2[C@H](n2cc(-c3ccc(Cl)c(F)c3)nn2)[C@H]1O)N(C)C. The Kier molecular flexibility index (Phi) is 8.06. The number of ether oxygens (including phenoxy) is 3. The van der Waals surface area contributed by atoms with Gasteiger partial charge in [0.15, 0.2) is 12.4 Å². The molecule has 12 heteroatoms. The van der Waals surface area contributed by atoms with E-state index in [1.54, 1.807) is 38.2 Å². The first-order valence-electron chi connectivity index (χ1n) is 12.5. The molecule has 10 nitrogen and oxygen atoms in total. The number of amidine groups is 1. The number of halogens is 2. The summed E-state index contributed by atoms with van der Waals surface area (Å²) in [5.74, 6) is -0.751. The van der Waals surface area contributed by atoms with E-state index >= 15 is 0 Å². The van der Waals surface area contributed by atoms with Gasteiger partial charge < -0.3 is 24.2 Å². The van der Waals surface area contributed by atoms with E-state index in [0.29, 0.717) is 30.1 Å². The fourth-order valence-corrected chi connectivity index (χ4v) is 4.76. The molecular formula is C27H29ClFN5O5. The van der Waals surface area contributed by atoms with Gasteiger partial charge in [-0.1, -0.05) is 53.2 Å². The van der Waals surface area contributed by atoms with Crippen LogP contribution in [0.25, 0.3) is 11.3 Å². The zero-order valence-corrected chi connectivity index (χ0v) is 22.4. The first-order chi connectivity index (χ1) is 18.7. The summed E-state index contributed by atoms with van der Waals surface area (Å²) < 4.78 is 34.1.